The van der Waals surface area contributed by atoms with E-state index in [1.165, 1.54) is 11.8 Å². The second-order valence-corrected chi connectivity index (χ2v) is 12.5. The van der Waals surface area contributed by atoms with Crippen molar-refractivity contribution in [1.29, 1.82) is 0 Å². The second-order valence-electron chi connectivity index (χ2n) is 11.0. The third-order valence-electron chi connectivity index (χ3n) is 8.65. The third-order valence-corrected chi connectivity index (χ3v) is 10.1. The predicted molar refractivity (Wildman–Crippen MR) is 139 cm³/mol. The van der Waals surface area contributed by atoms with E-state index >= 15 is 0 Å². The zero-order valence-electron chi connectivity index (χ0n) is 20.6. The molecule has 12 heteroatoms. The molecule has 5 heterocycles. The van der Waals surface area contributed by atoms with Crippen molar-refractivity contribution in [1.82, 2.24) is 15.0 Å². The second kappa shape index (κ2) is 9.46. The maximum atomic E-state index is 13.3. The highest BCUT2D eigenvalue weighted by Gasteiger charge is 2.63. The molecule has 37 heavy (non-hydrogen) atoms. The minimum absolute atomic E-state index is 0.0307. The molecule has 1 aliphatic carbocycles. The van der Waals surface area contributed by atoms with E-state index in [9.17, 15) is 14.6 Å². The van der Waals surface area contributed by atoms with Crippen LogP contribution in [0, 0.1) is 10.8 Å². The lowest BCUT2D eigenvalue weighted by Crippen LogP contribution is -2.60. The predicted octanol–water partition coefficient (Wildman–Crippen LogP) is 2.41. The number of hydrogen-bond acceptors (Lipinski definition) is 10. The van der Waals surface area contributed by atoms with Crippen LogP contribution < -0.4 is 15.5 Å². The summed E-state index contributed by atoms with van der Waals surface area (Å²) in [5, 5.41) is 20.7. The van der Waals surface area contributed by atoms with Gasteiger partial charge in [-0.05, 0) is 31.7 Å². The quantitative estimate of drug-likeness (QED) is 0.474. The first-order chi connectivity index (χ1) is 17.9. The van der Waals surface area contributed by atoms with Crippen molar-refractivity contribution < 1.29 is 19.3 Å². The first kappa shape index (κ1) is 25.5. The van der Waals surface area contributed by atoms with Gasteiger partial charge in [-0.1, -0.05) is 23.4 Å². The van der Waals surface area contributed by atoms with Crippen LogP contribution in [0.25, 0.3) is 0 Å². The number of aliphatic hydroxyl groups is 2. The summed E-state index contributed by atoms with van der Waals surface area (Å²) in [6, 6.07) is 1.88. The lowest BCUT2D eigenvalue weighted by Gasteiger charge is -2.48. The van der Waals surface area contributed by atoms with Crippen LogP contribution in [0.2, 0.25) is 5.02 Å². The molecule has 0 aromatic carbocycles. The van der Waals surface area contributed by atoms with Crippen LogP contribution in [-0.2, 0) is 11.3 Å². The van der Waals surface area contributed by atoms with Gasteiger partial charge in [-0.15, -0.1) is 0 Å². The summed E-state index contributed by atoms with van der Waals surface area (Å²) in [5.41, 5.74) is 6.38. The molecule has 0 amide bonds. The minimum atomic E-state index is -0.741. The molecule has 200 valence electrons. The molecule has 1 atom stereocenters. The number of anilines is 2. The fourth-order valence-corrected chi connectivity index (χ4v) is 7.16. The van der Waals surface area contributed by atoms with E-state index in [-0.39, 0.29) is 30.3 Å². The van der Waals surface area contributed by atoms with Crippen LogP contribution in [0.4, 0.5) is 16.0 Å². The van der Waals surface area contributed by atoms with E-state index in [0.29, 0.717) is 40.5 Å². The molecule has 0 radical (unpaired) electrons. The van der Waals surface area contributed by atoms with Gasteiger partial charge in [0.25, 0.3) is 0 Å². The van der Waals surface area contributed by atoms with E-state index in [1.807, 2.05) is 4.90 Å². The van der Waals surface area contributed by atoms with Crippen LogP contribution in [0.5, 0.6) is 0 Å². The Hall–Kier alpha value is -1.76. The number of halogens is 2. The van der Waals surface area contributed by atoms with Crippen molar-refractivity contribution in [2.45, 2.75) is 53.9 Å². The van der Waals surface area contributed by atoms with E-state index < -0.39 is 12.1 Å². The number of pyridine rings is 1. The van der Waals surface area contributed by atoms with Gasteiger partial charge in [-0.3, -0.25) is 4.39 Å². The number of nitrogens with two attached hydrogens (primary N) is 1. The SMILES string of the molecule is N[C@H]1C2(CCN(c3ncc(Sc4ccnc(N5CC(CO)(CF)C5)c4Cl)nc3CO)CC2)COC12CC2. The van der Waals surface area contributed by atoms with Gasteiger partial charge in [0.1, 0.15) is 23.2 Å². The lowest BCUT2D eigenvalue weighted by molar-refractivity contribution is 0.0644. The summed E-state index contributed by atoms with van der Waals surface area (Å²) in [7, 11) is 0. The van der Waals surface area contributed by atoms with Crippen molar-refractivity contribution in [3.63, 3.8) is 0 Å². The molecule has 4 aliphatic rings. The first-order valence-corrected chi connectivity index (χ1v) is 13.9. The molecule has 6 rings (SSSR count). The van der Waals surface area contributed by atoms with Gasteiger partial charge in [-0.25, -0.2) is 15.0 Å². The largest absolute Gasteiger partial charge is 0.396 e. The van der Waals surface area contributed by atoms with E-state index in [0.717, 1.165) is 50.3 Å². The van der Waals surface area contributed by atoms with Crippen LogP contribution in [0.15, 0.2) is 28.4 Å². The molecule has 1 saturated carbocycles. The smallest absolute Gasteiger partial charge is 0.152 e. The third kappa shape index (κ3) is 4.28. The van der Waals surface area contributed by atoms with Gasteiger partial charge in [0.05, 0.1) is 42.1 Å². The highest BCUT2D eigenvalue weighted by Crippen LogP contribution is 2.56. The Labute approximate surface area is 224 Å². The summed E-state index contributed by atoms with van der Waals surface area (Å²) in [5.74, 6) is 1.25. The zero-order valence-corrected chi connectivity index (χ0v) is 22.1. The van der Waals surface area contributed by atoms with E-state index in [4.69, 9.17) is 22.1 Å². The topological polar surface area (TPSA) is 121 Å². The molecule has 2 aromatic heterocycles. The number of rotatable bonds is 7. The molecule has 2 spiro atoms. The molecule has 4 N–H and O–H groups in total. The monoisotopic (exact) mass is 550 g/mol. The van der Waals surface area contributed by atoms with Crippen LogP contribution in [-0.4, -0.2) is 82.9 Å². The first-order valence-electron chi connectivity index (χ1n) is 12.7. The zero-order chi connectivity index (χ0) is 25.8. The summed E-state index contributed by atoms with van der Waals surface area (Å²) in [4.78, 5) is 18.5. The number of aromatic nitrogens is 3. The number of hydrogen-bond donors (Lipinski definition) is 3. The number of ether oxygens (including phenoxy) is 1. The highest BCUT2D eigenvalue weighted by atomic mass is 35.5. The average Bonchev–Trinajstić information content (AvgIpc) is 3.65. The fraction of sp³-hybridized carbons (Fsp3) is 0.640. The Morgan fingerprint density at radius 1 is 1.14 bits per heavy atom. The fourth-order valence-electron chi connectivity index (χ4n) is 6.01. The highest BCUT2D eigenvalue weighted by molar-refractivity contribution is 7.99. The van der Waals surface area contributed by atoms with Crippen molar-refractivity contribution in [3.8, 4) is 0 Å². The minimum Gasteiger partial charge on any atom is -0.396 e. The van der Waals surface area contributed by atoms with Crippen LogP contribution in [0.1, 0.15) is 31.4 Å². The van der Waals surface area contributed by atoms with Gasteiger partial charge < -0.3 is 30.5 Å². The molecule has 0 unspecified atom stereocenters. The number of piperidine rings is 1. The molecular weight excluding hydrogens is 519 g/mol. The van der Waals surface area contributed by atoms with Crippen LogP contribution in [0.3, 0.4) is 0 Å². The standard InChI is InChI=1S/C25H32ClFN6O3S/c26-19-17(1-6-29-21(19)33-12-23(11-27,13-33)14-35)37-18-9-30-20(16(10-34)31-18)32-7-4-24(5-8-32)15-36-25(2-3-25)22(24)28/h1,6,9,22,34-35H,2-5,7-8,10-15,28H2/t22-/m0/s1. The average molecular weight is 551 g/mol. The Bertz CT molecular complexity index is 1170. The van der Waals surface area contributed by atoms with Crippen molar-refractivity contribution in [2.24, 2.45) is 16.6 Å². The Balaban J connectivity index is 1.15. The summed E-state index contributed by atoms with van der Waals surface area (Å²) in [6.07, 6.45) is 7.37. The molecule has 3 aliphatic heterocycles. The van der Waals surface area contributed by atoms with Gasteiger partial charge >= 0.3 is 0 Å². The normalized spacial score (nSPS) is 25.1. The summed E-state index contributed by atoms with van der Waals surface area (Å²) >= 11 is 8.00. The molecular formula is C25H32ClFN6O3S. The maximum Gasteiger partial charge on any atom is 0.152 e. The number of nitrogens with zero attached hydrogens (tertiary/aromatic N) is 5. The molecule has 4 fully saturated rings. The summed E-state index contributed by atoms with van der Waals surface area (Å²) in [6.45, 7) is 2.03. The Morgan fingerprint density at radius 3 is 2.51 bits per heavy atom. The summed E-state index contributed by atoms with van der Waals surface area (Å²) < 4.78 is 19.4. The lowest BCUT2D eigenvalue weighted by atomic mass is 9.72. The van der Waals surface area contributed by atoms with Crippen molar-refractivity contribution in [2.75, 3.05) is 55.9 Å². The molecule has 0 bridgehead atoms. The Morgan fingerprint density at radius 2 is 1.89 bits per heavy atom. The van der Waals surface area contributed by atoms with Gasteiger partial charge in [-0.2, -0.15) is 0 Å². The maximum absolute atomic E-state index is 13.3. The number of aliphatic hydroxyl groups excluding tert-OH is 2. The van der Waals surface area contributed by atoms with Gasteiger partial charge in [0.2, 0.25) is 0 Å². The van der Waals surface area contributed by atoms with Crippen molar-refractivity contribution in [3.05, 3.63) is 29.2 Å². The van der Waals surface area contributed by atoms with Gasteiger partial charge in [0, 0.05) is 48.7 Å². The van der Waals surface area contributed by atoms with E-state index in [1.54, 1.807) is 18.5 Å². The Kier molecular flexibility index (Phi) is 6.52. The molecule has 2 aromatic rings. The van der Waals surface area contributed by atoms with E-state index in [2.05, 4.69) is 19.9 Å². The van der Waals surface area contributed by atoms with Gasteiger partial charge in [0.15, 0.2) is 5.82 Å². The van der Waals surface area contributed by atoms with Crippen molar-refractivity contribution >= 4 is 35.0 Å². The molecule has 9 nitrogen and oxygen atoms in total. The molecule has 3 saturated heterocycles. The number of alkyl halides is 1. The van der Waals surface area contributed by atoms with Crippen LogP contribution >= 0.6 is 23.4 Å².